The number of carboxylic acid groups (broad SMARTS) is 2. The zero-order chi connectivity index (χ0) is 18.8. The number of methoxy groups -OCH3 is 1. The van der Waals surface area contributed by atoms with Gasteiger partial charge in [0, 0.05) is 42.4 Å². The Morgan fingerprint density at radius 1 is 1.24 bits per heavy atom. The number of likely N-dealkylation sites (tertiary alicyclic amines) is 1. The topological polar surface area (TPSA) is 90.3 Å². The van der Waals surface area contributed by atoms with Crippen molar-refractivity contribution in [3.63, 3.8) is 0 Å². The van der Waals surface area contributed by atoms with Gasteiger partial charge in [-0.15, -0.1) is 0 Å². The number of ether oxygens (including phenoxy) is 1. The molecule has 1 aromatic rings. The lowest BCUT2D eigenvalue weighted by Gasteiger charge is -2.32. The van der Waals surface area contributed by atoms with Gasteiger partial charge in [-0.1, -0.05) is 13.0 Å². The molecule has 2 aliphatic heterocycles. The third-order valence-electron chi connectivity index (χ3n) is 4.88. The van der Waals surface area contributed by atoms with E-state index in [-0.39, 0.29) is 5.41 Å². The number of benzene rings is 1. The summed E-state index contributed by atoms with van der Waals surface area (Å²) in [5.41, 5.74) is 2.91. The average Bonchev–Trinajstić information content (AvgIpc) is 2.99. The molecule has 7 nitrogen and oxygen atoms in total. The molecule has 7 heteroatoms. The van der Waals surface area contributed by atoms with E-state index in [1.807, 2.05) is 0 Å². The number of rotatable bonds is 3. The first-order valence-electron chi connectivity index (χ1n) is 7.97. The Hall–Kier alpha value is -2.54. The summed E-state index contributed by atoms with van der Waals surface area (Å²) in [7, 11) is 6.17. The van der Waals surface area contributed by atoms with Crippen molar-refractivity contribution in [2.24, 2.45) is 0 Å². The van der Waals surface area contributed by atoms with Crippen molar-refractivity contribution in [2.45, 2.75) is 24.9 Å². The van der Waals surface area contributed by atoms with Crippen molar-refractivity contribution in [3.8, 4) is 5.75 Å². The van der Waals surface area contributed by atoms with Gasteiger partial charge in [0.1, 0.15) is 5.75 Å². The van der Waals surface area contributed by atoms with Crippen LogP contribution in [0.15, 0.2) is 30.4 Å². The summed E-state index contributed by atoms with van der Waals surface area (Å²) in [5.74, 6) is -1.48. The quantitative estimate of drug-likeness (QED) is 0.805. The number of nitrogens with zero attached hydrogens (tertiary/aromatic N) is 2. The van der Waals surface area contributed by atoms with Gasteiger partial charge in [-0.2, -0.15) is 0 Å². The van der Waals surface area contributed by atoms with Crippen molar-refractivity contribution in [3.05, 3.63) is 35.9 Å². The number of carbonyl (C=O) groups is 2. The van der Waals surface area contributed by atoms with E-state index in [9.17, 15) is 9.59 Å². The van der Waals surface area contributed by atoms with Crippen LogP contribution in [0.2, 0.25) is 0 Å². The summed E-state index contributed by atoms with van der Waals surface area (Å²) in [6.45, 7) is 3.52. The molecular weight excluding hydrogens is 324 g/mol. The van der Waals surface area contributed by atoms with E-state index in [4.69, 9.17) is 14.9 Å². The minimum Gasteiger partial charge on any atom is -0.496 e. The molecule has 25 heavy (non-hydrogen) atoms. The molecule has 2 atom stereocenters. The van der Waals surface area contributed by atoms with Crippen LogP contribution < -0.4 is 9.64 Å². The minimum atomic E-state index is -1.26. The van der Waals surface area contributed by atoms with Crippen LogP contribution in [0.5, 0.6) is 5.75 Å². The number of carboxylic acids is 2. The minimum absolute atomic E-state index is 0.200. The Morgan fingerprint density at radius 2 is 1.84 bits per heavy atom. The fraction of sp³-hybridized carbons (Fsp3) is 0.444. The maximum absolute atomic E-state index is 9.55. The van der Waals surface area contributed by atoms with E-state index in [0.717, 1.165) is 12.3 Å². The highest BCUT2D eigenvalue weighted by atomic mass is 16.5. The number of anilines is 1. The molecule has 0 radical (unpaired) electrons. The van der Waals surface area contributed by atoms with E-state index in [2.05, 4.69) is 49.0 Å². The second-order valence-corrected chi connectivity index (χ2v) is 6.50. The molecule has 0 spiro atoms. The first kappa shape index (κ1) is 18.8. The number of fused-ring (bicyclic) bond motifs is 3. The SMILES string of the molecule is COc1cccc2c1[C@@]1(C)CCN(C)[C@H]1N2C.O=C(O)/C=C/C(=O)O. The summed E-state index contributed by atoms with van der Waals surface area (Å²) < 4.78 is 5.57. The van der Waals surface area contributed by atoms with Gasteiger partial charge in [-0.05, 0) is 25.6 Å². The zero-order valence-corrected chi connectivity index (χ0v) is 14.9. The maximum Gasteiger partial charge on any atom is 0.328 e. The van der Waals surface area contributed by atoms with Crippen molar-refractivity contribution in [1.29, 1.82) is 0 Å². The molecule has 0 saturated carbocycles. The molecule has 1 aromatic carbocycles. The summed E-state index contributed by atoms with van der Waals surface area (Å²) in [6, 6.07) is 6.37. The lowest BCUT2D eigenvalue weighted by atomic mass is 9.81. The molecule has 2 heterocycles. The van der Waals surface area contributed by atoms with Crippen molar-refractivity contribution < 1.29 is 24.5 Å². The zero-order valence-electron chi connectivity index (χ0n) is 14.9. The second-order valence-electron chi connectivity index (χ2n) is 6.50. The standard InChI is InChI=1S/C14H20N2O.C4H4O4/c1-14-8-9-15(2)13(14)16(3)10-6-5-7-11(17-4)12(10)14;5-3(6)1-2-4(7)8/h5-7,13H,8-9H2,1-4H3;1-2H,(H,5,6)(H,7,8)/b;2-1+/t13-,14+;/m0./s1. The lowest BCUT2D eigenvalue weighted by molar-refractivity contribution is -0.134. The molecule has 2 aliphatic rings. The van der Waals surface area contributed by atoms with E-state index in [0.29, 0.717) is 18.3 Å². The van der Waals surface area contributed by atoms with Crippen LogP contribution >= 0.6 is 0 Å². The Kier molecular flexibility index (Phi) is 5.37. The van der Waals surface area contributed by atoms with Gasteiger partial charge in [0.15, 0.2) is 0 Å². The lowest BCUT2D eigenvalue weighted by Crippen LogP contribution is -2.45. The van der Waals surface area contributed by atoms with Crippen LogP contribution in [0.25, 0.3) is 0 Å². The Bertz CT molecular complexity index is 687. The van der Waals surface area contributed by atoms with Gasteiger partial charge < -0.3 is 19.8 Å². The largest absolute Gasteiger partial charge is 0.496 e. The molecule has 1 fully saturated rings. The molecule has 0 aliphatic carbocycles. The first-order valence-corrected chi connectivity index (χ1v) is 7.97. The fourth-order valence-electron chi connectivity index (χ4n) is 3.96. The average molecular weight is 348 g/mol. The molecule has 3 rings (SSSR count). The smallest absolute Gasteiger partial charge is 0.328 e. The molecule has 0 bridgehead atoms. The van der Waals surface area contributed by atoms with Gasteiger partial charge >= 0.3 is 11.9 Å². The fourth-order valence-corrected chi connectivity index (χ4v) is 3.96. The van der Waals surface area contributed by atoms with Crippen LogP contribution in [-0.4, -0.2) is 61.0 Å². The van der Waals surface area contributed by atoms with Gasteiger partial charge in [-0.25, -0.2) is 9.59 Å². The van der Waals surface area contributed by atoms with Crippen LogP contribution in [0.4, 0.5) is 5.69 Å². The van der Waals surface area contributed by atoms with E-state index in [1.54, 1.807) is 7.11 Å². The predicted molar refractivity (Wildman–Crippen MR) is 94.2 cm³/mol. The number of hydrogen-bond donors (Lipinski definition) is 2. The Balaban J connectivity index is 0.000000242. The Morgan fingerprint density at radius 3 is 2.36 bits per heavy atom. The van der Waals surface area contributed by atoms with Crippen LogP contribution in [0, 0.1) is 0 Å². The molecule has 0 amide bonds. The molecule has 1 saturated heterocycles. The number of aliphatic carboxylic acids is 2. The van der Waals surface area contributed by atoms with Crippen LogP contribution in [-0.2, 0) is 15.0 Å². The highest BCUT2D eigenvalue weighted by molar-refractivity contribution is 5.89. The molecule has 0 aromatic heterocycles. The molecule has 2 N–H and O–H groups in total. The van der Waals surface area contributed by atoms with Crippen molar-refractivity contribution in [1.82, 2.24) is 4.90 Å². The van der Waals surface area contributed by atoms with Gasteiger partial charge in [0.05, 0.1) is 13.3 Å². The van der Waals surface area contributed by atoms with Crippen LogP contribution in [0.1, 0.15) is 18.9 Å². The highest BCUT2D eigenvalue weighted by Gasteiger charge is 2.53. The normalized spacial score (nSPS) is 24.5. The third kappa shape index (κ3) is 3.46. The highest BCUT2D eigenvalue weighted by Crippen LogP contribution is 2.54. The first-order chi connectivity index (χ1) is 11.7. The van der Waals surface area contributed by atoms with Gasteiger partial charge in [0.25, 0.3) is 0 Å². The third-order valence-corrected chi connectivity index (χ3v) is 4.88. The predicted octanol–water partition coefficient (Wildman–Crippen LogP) is 1.78. The van der Waals surface area contributed by atoms with Gasteiger partial charge in [-0.3, -0.25) is 4.90 Å². The van der Waals surface area contributed by atoms with Crippen molar-refractivity contribution >= 4 is 17.6 Å². The molecule has 0 unspecified atom stereocenters. The number of hydrogen-bond acceptors (Lipinski definition) is 5. The molecule has 136 valence electrons. The van der Waals surface area contributed by atoms with Gasteiger partial charge in [0.2, 0.25) is 0 Å². The van der Waals surface area contributed by atoms with Crippen LogP contribution in [0.3, 0.4) is 0 Å². The summed E-state index contributed by atoms with van der Waals surface area (Å²) in [4.78, 5) is 23.9. The Labute approximate surface area is 147 Å². The second kappa shape index (κ2) is 7.14. The summed E-state index contributed by atoms with van der Waals surface area (Å²) >= 11 is 0. The molecular formula is C18H24N2O5. The van der Waals surface area contributed by atoms with E-state index >= 15 is 0 Å². The summed E-state index contributed by atoms with van der Waals surface area (Å²) in [5, 5.41) is 15.6. The van der Waals surface area contributed by atoms with E-state index in [1.165, 1.54) is 17.7 Å². The van der Waals surface area contributed by atoms with E-state index < -0.39 is 11.9 Å². The van der Waals surface area contributed by atoms with Crippen molar-refractivity contribution in [2.75, 3.05) is 32.6 Å². The summed E-state index contributed by atoms with van der Waals surface area (Å²) in [6.07, 6.45) is 2.78. The number of likely N-dealkylation sites (N-methyl/N-ethyl adjacent to an activating group) is 2. The maximum atomic E-state index is 9.55. The monoisotopic (exact) mass is 348 g/mol.